The Morgan fingerprint density at radius 3 is 1.94 bits per heavy atom. The van der Waals surface area contributed by atoms with Gasteiger partial charge in [-0.25, -0.2) is 18.0 Å². The van der Waals surface area contributed by atoms with Gasteiger partial charge in [0.2, 0.25) is 10.0 Å². The van der Waals surface area contributed by atoms with E-state index in [1.165, 1.54) is 24.3 Å². The molecule has 0 unspecified atom stereocenters. The number of imide groups is 1. The smallest absolute Gasteiger partial charge is 0.305 e. The molecule has 1 aromatic carbocycles. The molecule has 0 fully saturated rings. The maximum atomic E-state index is 12.3. The number of sulfonamides is 1. The topological polar surface area (TPSA) is 149 Å². The molecule has 0 spiro atoms. The molecule has 170 valence electrons. The van der Waals surface area contributed by atoms with Crippen molar-refractivity contribution in [1.29, 1.82) is 0 Å². The van der Waals surface area contributed by atoms with Crippen LogP contribution in [0, 0.1) is 0 Å². The predicted molar refractivity (Wildman–Crippen MR) is 108 cm³/mol. The highest BCUT2D eigenvalue weighted by Crippen LogP contribution is 2.21. The average Bonchev–Trinajstić information content (AvgIpc) is 3.06. The summed E-state index contributed by atoms with van der Waals surface area (Å²) < 4.78 is 42.5. The molecule has 1 aliphatic heterocycles. The van der Waals surface area contributed by atoms with E-state index in [0.29, 0.717) is 13.2 Å². The first-order valence-electron chi connectivity index (χ1n) is 9.42. The molecule has 2 N–H and O–H groups in total. The van der Waals surface area contributed by atoms with Gasteiger partial charge < -0.3 is 19.3 Å². The number of carbonyl (C=O) groups excluding carboxylic acids is 2. The molecular weight excluding hydrogens is 432 g/mol. The van der Waals surface area contributed by atoms with Crippen molar-refractivity contribution >= 4 is 33.5 Å². The molecule has 0 saturated carbocycles. The van der Waals surface area contributed by atoms with Crippen LogP contribution >= 0.6 is 0 Å². The van der Waals surface area contributed by atoms with Gasteiger partial charge >= 0.3 is 5.97 Å². The molecule has 1 aliphatic rings. The van der Waals surface area contributed by atoms with Gasteiger partial charge in [-0.1, -0.05) is 0 Å². The minimum Gasteiger partial charge on any atom is -0.481 e. The van der Waals surface area contributed by atoms with Crippen molar-refractivity contribution in [2.75, 3.05) is 51.1 Å². The highest BCUT2D eigenvalue weighted by atomic mass is 32.2. The van der Waals surface area contributed by atoms with Crippen LogP contribution in [0.1, 0.15) is 6.42 Å². The fourth-order valence-electron chi connectivity index (χ4n) is 2.46. The van der Waals surface area contributed by atoms with E-state index in [2.05, 4.69) is 4.72 Å². The fraction of sp³-hybridized carbons (Fsp3) is 0.421. The van der Waals surface area contributed by atoms with Crippen LogP contribution in [0.25, 0.3) is 0 Å². The minimum absolute atomic E-state index is 0.00506. The Bertz CT molecular complexity index is 879. The number of nitrogens with one attached hydrogen (secondary N) is 1. The largest absolute Gasteiger partial charge is 0.481 e. The first-order chi connectivity index (χ1) is 14.8. The van der Waals surface area contributed by atoms with Gasteiger partial charge in [-0.05, 0) is 24.3 Å². The number of rotatable bonds is 15. The summed E-state index contributed by atoms with van der Waals surface area (Å²) in [5, 5.41) is 8.44. The van der Waals surface area contributed by atoms with Crippen molar-refractivity contribution in [3.05, 3.63) is 36.4 Å². The van der Waals surface area contributed by atoms with Crippen LogP contribution in [0.3, 0.4) is 0 Å². The summed E-state index contributed by atoms with van der Waals surface area (Å²) in [7, 11) is -3.77. The van der Waals surface area contributed by atoms with Crippen LogP contribution in [0.5, 0.6) is 0 Å². The third-order valence-corrected chi connectivity index (χ3v) is 5.43. The normalized spacial score (nSPS) is 13.9. The van der Waals surface area contributed by atoms with Gasteiger partial charge in [0.25, 0.3) is 11.8 Å². The molecule has 0 radical (unpaired) electrons. The van der Waals surface area contributed by atoms with E-state index in [1.54, 1.807) is 0 Å². The molecule has 0 bridgehead atoms. The quantitative estimate of drug-likeness (QED) is 0.273. The molecule has 0 aliphatic carbocycles. The van der Waals surface area contributed by atoms with E-state index in [4.69, 9.17) is 19.3 Å². The van der Waals surface area contributed by atoms with E-state index in [-0.39, 0.29) is 50.0 Å². The molecule has 12 heteroatoms. The number of hydrogen-bond donors (Lipinski definition) is 2. The fourth-order valence-corrected chi connectivity index (χ4v) is 3.48. The van der Waals surface area contributed by atoms with Crippen LogP contribution in [0.15, 0.2) is 41.3 Å². The summed E-state index contributed by atoms with van der Waals surface area (Å²) in [5.41, 5.74) is 0.287. The molecule has 0 saturated heterocycles. The second-order valence-corrected chi connectivity index (χ2v) is 7.98. The number of aliphatic carboxylic acids is 1. The van der Waals surface area contributed by atoms with Gasteiger partial charge in [0.05, 0.1) is 56.6 Å². The van der Waals surface area contributed by atoms with Crippen molar-refractivity contribution in [2.45, 2.75) is 11.3 Å². The maximum absolute atomic E-state index is 12.3. The maximum Gasteiger partial charge on any atom is 0.305 e. The minimum atomic E-state index is -3.77. The SMILES string of the molecule is O=C(O)CCOCCOCCOCCNS(=O)(=O)c1ccc(N2C(=O)C=CC2=O)cc1. The molecule has 2 rings (SSSR count). The van der Waals surface area contributed by atoms with Crippen LogP contribution in [-0.4, -0.2) is 77.5 Å². The van der Waals surface area contributed by atoms with Crippen molar-refractivity contribution < 1.29 is 42.1 Å². The molecule has 1 aromatic rings. The first-order valence-corrected chi connectivity index (χ1v) is 10.9. The Balaban J connectivity index is 1.60. The van der Waals surface area contributed by atoms with E-state index in [9.17, 15) is 22.8 Å². The van der Waals surface area contributed by atoms with Gasteiger partial charge in [0, 0.05) is 18.7 Å². The number of nitrogens with zero attached hydrogens (tertiary/aromatic N) is 1. The third kappa shape index (κ3) is 8.19. The molecule has 11 nitrogen and oxygen atoms in total. The highest BCUT2D eigenvalue weighted by Gasteiger charge is 2.25. The summed E-state index contributed by atoms with van der Waals surface area (Å²) in [6, 6.07) is 5.39. The molecule has 0 aromatic heterocycles. The zero-order chi connectivity index (χ0) is 22.7. The van der Waals surface area contributed by atoms with E-state index in [0.717, 1.165) is 17.1 Å². The van der Waals surface area contributed by atoms with Crippen molar-refractivity contribution in [3.8, 4) is 0 Å². The van der Waals surface area contributed by atoms with Gasteiger partial charge in [-0.2, -0.15) is 0 Å². The Kier molecular flexibility index (Phi) is 9.75. The predicted octanol–water partition coefficient (Wildman–Crippen LogP) is -0.0812. The number of ether oxygens (including phenoxy) is 3. The molecule has 0 atom stereocenters. The van der Waals surface area contributed by atoms with Crippen molar-refractivity contribution in [2.24, 2.45) is 0 Å². The summed E-state index contributed by atoms with van der Waals surface area (Å²) in [6.07, 6.45) is 2.24. The second-order valence-electron chi connectivity index (χ2n) is 6.22. The highest BCUT2D eigenvalue weighted by molar-refractivity contribution is 7.89. The third-order valence-electron chi connectivity index (χ3n) is 3.96. The average molecular weight is 456 g/mol. The second kappa shape index (κ2) is 12.3. The number of carbonyl (C=O) groups is 3. The summed E-state index contributed by atoms with van der Waals surface area (Å²) in [4.78, 5) is 34.5. The number of benzene rings is 1. The number of amides is 2. The van der Waals surface area contributed by atoms with Crippen molar-refractivity contribution in [1.82, 2.24) is 4.72 Å². The monoisotopic (exact) mass is 456 g/mol. The number of hydrogen-bond acceptors (Lipinski definition) is 8. The van der Waals surface area contributed by atoms with E-state index < -0.39 is 27.8 Å². The van der Waals surface area contributed by atoms with Crippen LogP contribution in [0.4, 0.5) is 5.69 Å². The number of carboxylic acid groups (broad SMARTS) is 1. The lowest BCUT2D eigenvalue weighted by atomic mass is 10.3. The van der Waals surface area contributed by atoms with E-state index in [1.807, 2.05) is 0 Å². The Labute approximate surface area is 179 Å². The van der Waals surface area contributed by atoms with Crippen LogP contribution in [0.2, 0.25) is 0 Å². The molecule has 1 heterocycles. The molecular formula is C19H24N2O9S. The summed E-state index contributed by atoms with van der Waals surface area (Å²) >= 11 is 0. The summed E-state index contributed by atoms with van der Waals surface area (Å²) in [5.74, 6) is -1.88. The zero-order valence-electron chi connectivity index (χ0n) is 16.7. The van der Waals surface area contributed by atoms with Gasteiger partial charge in [-0.15, -0.1) is 0 Å². The number of carboxylic acids is 1. The Morgan fingerprint density at radius 1 is 0.871 bits per heavy atom. The van der Waals surface area contributed by atoms with Gasteiger partial charge in [0.1, 0.15) is 0 Å². The standard InChI is InChI=1S/C19H24N2O9S/c22-17-5-6-18(23)21(17)15-1-3-16(4-2-15)31(26,27)20-8-10-29-12-14-30-13-11-28-9-7-19(24)25/h1-6,20H,7-14H2,(H,24,25). The Morgan fingerprint density at radius 2 is 1.39 bits per heavy atom. The lowest BCUT2D eigenvalue weighted by Gasteiger charge is -2.14. The van der Waals surface area contributed by atoms with E-state index >= 15 is 0 Å². The molecule has 2 amide bonds. The summed E-state index contributed by atoms with van der Waals surface area (Å²) in [6.45, 7) is 1.45. The van der Waals surface area contributed by atoms with Gasteiger partial charge in [-0.3, -0.25) is 14.4 Å². The first kappa shape index (κ1) is 24.6. The Hall–Kier alpha value is -2.64. The van der Waals surface area contributed by atoms with Gasteiger partial charge in [0.15, 0.2) is 0 Å². The molecule has 31 heavy (non-hydrogen) atoms. The van der Waals surface area contributed by atoms with Crippen LogP contribution < -0.4 is 9.62 Å². The van der Waals surface area contributed by atoms with Crippen molar-refractivity contribution in [3.63, 3.8) is 0 Å². The lowest BCUT2D eigenvalue weighted by molar-refractivity contribution is -0.138. The van der Waals surface area contributed by atoms with Crippen LogP contribution in [-0.2, 0) is 38.6 Å². The lowest BCUT2D eigenvalue weighted by Crippen LogP contribution is -2.30. The number of anilines is 1. The zero-order valence-corrected chi connectivity index (χ0v) is 17.5.